The zero-order chi connectivity index (χ0) is 27.4. The Bertz CT molecular complexity index is 1300. The molecule has 39 heavy (non-hydrogen) atoms. The van der Waals surface area contributed by atoms with E-state index in [-0.39, 0.29) is 49.7 Å². The van der Waals surface area contributed by atoms with E-state index in [2.05, 4.69) is 10.3 Å². The molecule has 2 saturated heterocycles. The molecular weight excluding hydrogens is 496 g/mol. The number of fused-ring (bicyclic) bond motifs is 1. The van der Waals surface area contributed by atoms with Gasteiger partial charge >= 0.3 is 6.03 Å². The number of hydrogen-bond donors (Lipinski definition) is 2. The van der Waals surface area contributed by atoms with E-state index in [1.807, 2.05) is 48.5 Å². The predicted octanol–water partition coefficient (Wildman–Crippen LogP) is 2.01. The van der Waals surface area contributed by atoms with Crippen LogP contribution in [-0.2, 0) is 29.0 Å². The number of nitrogens with zero attached hydrogens (tertiary/aromatic N) is 5. The van der Waals surface area contributed by atoms with Crippen LogP contribution in [-0.4, -0.2) is 86.6 Å². The first-order chi connectivity index (χ1) is 18.9. The maximum Gasteiger partial charge on any atom is 0.333 e. The van der Waals surface area contributed by atoms with Crippen molar-refractivity contribution in [1.82, 2.24) is 30.1 Å². The van der Waals surface area contributed by atoms with Crippen LogP contribution in [0.2, 0.25) is 0 Å². The predicted molar refractivity (Wildman–Crippen MR) is 144 cm³/mol. The molecule has 3 aromatic rings. The average Bonchev–Trinajstić information content (AvgIpc) is 2.93. The van der Waals surface area contributed by atoms with Crippen LogP contribution in [0.4, 0.5) is 4.79 Å². The van der Waals surface area contributed by atoms with E-state index in [1.165, 1.54) is 0 Å². The van der Waals surface area contributed by atoms with Crippen LogP contribution in [0.3, 0.4) is 0 Å². The third-order valence-electron chi connectivity index (χ3n) is 7.12. The topological polar surface area (TPSA) is 109 Å². The minimum atomic E-state index is -0.808. The summed E-state index contributed by atoms with van der Waals surface area (Å²) in [6.07, 6.45) is 1.92. The van der Waals surface area contributed by atoms with Crippen molar-refractivity contribution >= 4 is 17.8 Å². The first-order valence-electron chi connectivity index (χ1n) is 13.0. The van der Waals surface area contributed by atoms with E-state index >= 15 is 0 Å². The fraction of sp³-hybridized carbons (Fsp3) is 0.310. The van der Waals surface area contributed by atoms with Crippen molar-refractivity contribution in [3.05, 3.63) is 95.8 Å². The molecule has 0 spiro atoms. The Kier molecular flexibility index (Phi) is 7.74. The summed E-state index contributed by atoms with van der Waals surface area (Å²) in [5, 5.41) is 15.9. The highest BCUT2D eigenvalue weighted by atomic mass is 16.3. The van der Waals surface area contributed by atoms with Gasteiger partial charge in [-0.05, 0) is 41.8 Å². The Morgan fingerprint density at radius 1 is 1.00 bits per heavy atom. The third kappa shape index (κ3) is 5.85. The zero-order valence-electron chi connectivity index (χ0n) is 21.8. The molecule has 2 aromatic carbocycles. The Hall–Kier alpha value is -4.44. The second kappa shape index (κ2) is 11.5. The lowest BCUT2D eigenvalue weighted by atomic mass is 9.98. The molecule has 2 aliphatic rings. The van der Waals surface area contributed by atoms with E-state index in [4.69, 9.17) is 0 Å². The minimum absolute atomic E-state index is 0.0256. The van der Waals surface area contributed by atoms with Crippen LogP contribution in [0.15, 0.2) is 79.0 Å². The summed E-state index contributed by atoms with van der Waals surface area (Å²) < 4.78 is 0. The number of likely N-dealkylation sites (N-methyl/N-ethyl adjacent to an activating group) is 1. The van der Waals surface area contributed by atoms with Gasteiger partial charge in [0, 0.05) is 26.2 Å². The first-order valence-corrected chi connectivity index (χ1v) is 13.0. The molecule has 1 aromatic heterocycles. The molecule has 0 bridgehead atoms. The number of carbonyl (C=O) groups is 3. The fourth-order valence-electron chi connectivity index (χ4n) is 5.23. The smallest absolute Gasteiger partial charge is 0.333 e. The molecule has 4 amide bonds. The number of hydrazine groups is 1. The van der Waals surface area contributed by atoms with Gasteiger partial charge in [-0.25, -0.2) is 14.8 Å². The number of hydrogen-bond acceptors (Lipinski definition) is 6. The monoisotopic (exact) mass is 528 g/mol. The Morgan fingerprint density at radius 2 is 1.74 bits per heavy atom. The van der Waals surface area contributed by atoms with Crippen LogP contribution >= 0.6 is 0 Å². The quantitative estimate of drug-likeness (QED) is 0.486. The molecule has 0 radical (unpaired) electrons. The highest BCUT2D eigenvalue weighted by molar-refractivity contribution is 5.91. The molecule has 3 heterocycles. The molecule has 0 aliphatic carbocycles. The van der Waals surface area contributed by atoms with Crippen molar-refractivity contribution in [3.63, 3.8) is 0 Å². The summed E-state index contributed by atoms with van der Waals surface area (Å²) in [5.74, 6) is -0.296. The summed E-state index contributed by atoms with van der Waals surface area (Å²) >= 11 is 0. The SMILES string of the molecule is CN1CC(=O)N2C(CN(Cc3ccccn3)C(=O)[C@@H]2Cc2ccc(O)cc2)N1C(=O)NCCc1ccccc1. The van der Waals surface area contributed by atoms with Crippen molar-refractivity contribution in [2.24, 2.45) is 0 Å². The molecule has 202 valence electrons. The number of benzene rings is 2. The summed E-state index contributed by atoms with van der Waals surface area (Å²) in [6, 6.07) is 20.9. The molecule has 10 nitrogen and oxygen atoms in total. The molecule has 2 N–H and O–H groups in total. The largest absolute Gasteiger partial charge is 0.508 e. The number of amides is 4. The molecule has 10 heteroatoms. The second-order valence-corrected chi connectivity index (χ2v) is 9.84. The lowest BCUT2D eigenvalue weighted by molar-refractivity contribution is -0.187. The number of rotatable bonds is 7. The number of urea groups is 1. The van der Waals surface area contributed by atoms with Gasteiger partial charge in [-0.3, -0.25) is 14.6 Å². The number of nitrogens with one attached hydrogen (secondary N) is 1. The fourth-order valence-corrected chi connectivity index (χ4v) is 5.23. The van der Waals surface area contributed by atoms with Crippen molar-refractivity contribution in [2.45, 2.75) is 31.6 Å². The van der Waals surface area contributed by atoms with E-state index in [0.29, 0.717) is 13.0 Å². The Labute approximate surface area is 227 Å². The summed E-state index contributed by atoms with van der Waals surface area (Å²) in [4.78, 5) is 48.3. The van der Waals surface area contributed by atoms with Gasteiger partial charge in [-0.15, -0.1) is 0 Å². The second-order valence-electron chi connectivity index (χ2n) is 9.84. The maximum absolute atomic E-state index is 13.8. The molecule has 2 atom stereocenters. The number of phenolic OH excluding ortho intramolecular Hbond substituents is 1. The van der Waals surface area contributed by atoms with E-state index in [1.54, 1.807) is 57.3 Å². The van der Waals surface area contributed by atoms with Gasteiger partial charge in [-0.1, -0.05) is 48.5 Å². The standard InChI is InChI=1S/C29H32N6O4/c1-32-20-27(37)34-25(17-22-10-12-24(36)13-11-22)28(38)33(18-23-9-5-6-15-30-23)19-26(34)35(32)29(39)31-16-14-21-7-3-2-4-8-21/h2-13,15,25-26,36H,14,16-20H2,1H3,(H,31,39)/t25-,26?/m0/s1. The number of piperazine rings is 1. The van der Waals surface area contributed by atoms with E-state index < -0.39 is 12.2 Å². The van der Waals surface area contributed by atoms with Crippen LogP contribution in [0, 0.1) is 0 Å². The minimum Gasteiger partial charge on any atom is -0.508 e. The lowest BCUT2D eigenvalue weighted by Gasteiger charge is -2.54. The van der Waals surface area contributed by atoms with Crippen molar-refractivity contribution in [1.29, 1.82) is 0 Å². The van der Waals surface area contributed by atoms with Crippen molar-refractivity contribution in [2.75, 3.05) is 26.7 Å². The lowest BCUT2D eigenvalue weighted by Crippen LogP contribution is -2.76. The molecule has 0 saturated carbocycles. The number of aromatic hydroxyl groups is 1. The van der Waals surface area contributed by atoms with Gasteiger partial charge in [0.1, 0.15) is 18.0 Å². The van der Waals surface area contributed by atoms with E-state index in [0.717, 1.165) is 16.8 Å². The van der Waals surface area contributed by atoms with Gasteiger partial charge in [0.15, 0.2) is 0 Å². The molecule has 2 aliphatic heterocycles. The number of aromatic nitrogens is 1. The zero-order valence-corrected chi connectivity index (χ0v) is 21.8. The maximum atomic E-state index is 13.8. The van der Waals surface area contributed by atoms with Crippen molar-refractivity contribution < 1.29 is 19.5 Å². The molecule has 2 fully saturated rings. The Balaban J connectivity index is 1.41. The van der Waals surface area contributed by atoms with E-state index in [9.17, 15) is 19.5 Å². The normalized spacial score (nSPS) is 19.7. The molecular formula is C29H32N6O4. The summed E-state index contributed by atoms with van der Waals surface area (Å²) in [7, 11) is 1.71. The summed E-state index contributed by atoms with van der Waals surface area (Å²) in [6.45, 7) is 0.824. The van der Waals surface area contributed by atoms with Crippen molar-refractivity contribution in [3.8, 4) is 5.75 Å². The molecule has 1 unspecified atom stereocenters. The Morgan fingerprint density at radius 3 is 2.46 bits per heavy atom. The first kappa shape index (κ1) is 26.2. The summed E-state index contributed by atoms with van der Waals surface area (Å²) in [5.41, 5.74) is 2.63. The number of phenols is 1. The van der Waals surface area contributed by atoms with Crippen LogP contribution < -0.4 is 5.32 Å². The van der Waals surface area contributed by atoms with Gasteiger partial charge in [0.25, 0.3) is 0 Å². The third-order valence-corrected chi connectivity index (χ3v) is 7.12. The van der Waals surface area contributed by atoms with Gasteiger partial charge in [0.05, 0.1) is 25.3 Å². The van der Waals surface area contributed by atoms with Gasteiger partial charge in [-0.2, -0.15) is 0 Å². The number of pyridine rings is 1. The highest BCUT2D eigenvalue weighted by Gasteiger charge is 2.50. The molecule has 5 rings (SSSR count). The average molecular weight is 529 g/mol. The van der Waals surface area contributed by atoms with Gasteiger partial charge in [0.2, 0.25) is 11.8 Å². The number of carbonyl (C=O) groups excluding carboxylic acids is 3. The van der Waals surface area contributed by atoms with Crippen LogP contribution in [0.1, 0.15) is 16.8 Å². The van der Waals surface area contributed by atoms with Gasteiger partial charge < -0.3 is 20.2 Å². The van der Waals surface area contributed by atoms with Crippen LogP contribution in [0.25, 0.3) is 0 Å². The van der Waals surface area contributed by atoms with Crippen LogP contribution in [0.5, 0.6) is 5.75 Å². The highest BCUT2D eigenvalue weighted by Crippen LogP contribution is 2.28.